The third-order valence-electron chi connectivity index (χ3n) is 0.984. The Balaban J connectivity index is 2.71. The van der Waals surface area contributed by atoms with E-state index in [1.165, 1.54) is 11.3 Å². The van der Waals surface area contributed by atoms with Crippen LogP contribution in [0.1, 0.15) is 4.88 Å². The van der Waals surface area contributed by atoms with E-state index in [4.69, 9.17) is 5.11 Å². The summed E-state index contributed by atoms with van der Waals surface area (Å²) in [5, 5.41) is 8.29. The fourth-order valence-corrected chi connectivity index (χ4v) is 1.90. The summed E-state index contributed by atoms with van der Waals surface area (Å²) in [4.78, 5) is 11.0. The van der Waals surface area contributed by atoms with E-state index in [9.17, 15) is 4.79 Å². The zero-order valence-corrected chi connectivity index (χ0v) is 7.85. The zero-order chi connectivity index (χ0) is 8.27. The van der Waals surface area contributed by atoms with Crippen LogP contribution >= 0.6 is 27.3 Å². The summed E-state index contributed by atoms with van der Waals surface area (Å²) in [5.41, 5.74) is 0. The van der Waals surface area contributed by atoms with Crippen LogP contribution in [0.25, 0.3) is 6.08 Å². The molecule has 0 aliphatic heterocycles. The molecule has 0 bridgehead atoms. The monoisotopic (exact) mass is 232 g/mol. The number of carboxylic acid groups (broad SMARTS) is 1. The number of halogens is 1. The molecule has 4 heteroatoms. The van der Waals surface area contributed by atoms with Crippen LogP contribution in [0.15, 0.2) is 22.0 Å². The van der Waals surface area contributed by atoms with Crippen molar-refractivity contribution in [3.05, 3.63) is 26.9 Å². The topological polar surface area (TPSA) is 37.3 Å². The molecule has 0 atom stereocenters. The minimum atomic E-state index is -0.922. The molecule has 58 valence electrons. The molecule has 0 spiro atoms. The first-order chi connectivity index (χ1) is 5.18. The Morgan fingerprint density at radius 3 is 2.82 bits per heavy atom. The van der Waals surface area contributed by atoms with Crippen LogP contribution < -0.4 is 0 Å². The van der Waals surface area contributed by atoms with Crippen molar-refractivity contribution < 1.29 is 9.90 Å². The SMILES string of the molecule is O=C(O)C=Cc1ccc(Br)s1. The molecule has 1 rings (SSSR count). The fraction of sp³-hybridized carbons (Fsp3) is 0. The quantitative estimate of drug-likeness (QED) is 0.797. The van der Waals surface area contributed by atoms with Crippen molar-refractivity contribution in [3.8, 4) is 0 Å². The van der Waals surface area contributed by atoms with E-state index in [2.05, 4.69) is 15.9 Å². The Bertz CT molecular complexity index is 290. The highest BCUT2D eigenvalue weighted by Gasteiger charge is 1.92. The Morgan fingerprint density at radius 1 is 1.64 bits per heavy atom. The third kappa shape index (κ3) is 2.86. The van der Waals surface area contributed by atoms with Gasteiger partial charge in [-0.25, -0.2) is 4.79 Å². The maximum absolute atomic E-state index is 10.1. The molecule has 1 N–H and O–H groups in total. The lowest BCUT2D eigenvalue weighted by atomic mass is 10.4. The van der Waals surface area contributed by atoms with E-state index in [0.717, 1.165) is 14.7 Å². The highest BCUT2D eigenvalue weighted by molar-refractivity contribution is 9.11. The predicted molar refractivity (Wildman–Crippen MR) is 48.7 cm³/mol. The molecule has 0 amide bonds. The minimum absolute atomic E-state index is 0.922. The van der Waals surface area contributed by atoms with Gasteiger partial charge in [-0.05, 0) is 34.1 Å². The number of thiophene rings is 1. The van der Waals surface area contributed by atoms with Gasteiger partial charge in [-0.15, -0.1) is 11.3 Å². The van der Waals surface area contributed by atoms with Gasteiger partial charge in [-0.3, -0.25) is 0 Å². The molecule has 0 saturated heterocycles. The summed E-state index contributed by atoms with van der Waals surface area (Å²) >= 11 is 4.77. The van der Waals surface area contributed by atoms with Crippen LogP contribution in [0.5, 0.6) is 0 Å². The molecule has 0 aliphatic carbocycles. The van der Waals surface area contributed by atoms with Gasteiger partial charge in [0.2, 0.25) is 0 Å². The summed E-state index contributed by atoms with van der Waals surface area (Å²) < 4.78 is 1.00. The summed E-state index contributed by atoms with van der Waals surface area (Å²) in [6.45, 7) is 0. The number of hydrogen-bond acceptors (Lipinski definition) is 2. The van der Waals surface area contributed by atoms with Gasteiger partial charge >= 0.3 is 5.97 Å². The minimum Gasteiger partial charge on any atom is -0.478 e. The van der Waals surface area contributed by atoms with Crippen molar-refractivity contribution in [3.63, 3.8) is 0 Å². The Kier molecular flexibility index (Phi) is 2.84. The van der Waals surface area contributed by atoms with Crippen LogP contribution in [0.2, 0.25) is 0 Å². The smallest absolute Gasteiger partial charge is 0.328 e. The van der Waals surface area contributed by atoms with E-state index < -0.39 is 5.97 Å². The molecule has 0 fully saturated rings. The molecular formula is C7H5BrO2S. The largest absolute Gasteiger partial charge is 0.478 e. The lowest BCUT2D eigenvalue weighted by Gasteiger charge is -1.79. The van der Waals surface area contributed by atoms with Crippen molar-refractivity contribution in [2.45, 2.75) is 0 Å². The second-order valence-electron chi connectivity index (χ2n) is 1.81. The average Bonchev–Trinajstić information content (AvgIpc) is 2.31. The van der Waals surface area contributed by atoms with Crippen molar-refractivity contribution in [2.75, 3.05) is 0 Å². The molecule has 0 aliphatic rings. The van der Waals surface area contributed by atoms with E-state index in [1.54, 1.807) is 6.08 Å². The van der Waals surface area contributed by atoms with Gasteiger partial charge in [0.05, 0.1) is 3.79 Å². The number of aliphatic carboxylic acids is 1. The van der Waals surface area contributed by atoms with Gasteiger partial charge in [0.1, 0.15) is 0 Å². The summed E-state index contributed by atoms with van der Waals surface area (Å²) in [6.07, 6.45) is 2.69. The second-order valence-corrected chi connectivity index (χ2v) is 4.31. The molecule has 2 nitrogen and oxygen atoms in total. The first-order valence-corrected chi connectivity index (χ1v) is 4.46. The van der Waals surface area contributed by atoms with Gasteiger partial charge in [-0.2, -0.15) is 0 Å². The predicted octanol–water partition coefficient (Wildman–Crippen LogP) is 2.61. The molecule has 11 heavy (non-hydrogen) atoms. The molecule has 0 aromatic carbocycles. The number of carbonyl (C=O) groups is 1. The summed E-state index contributed by atoms with van der Waals surface area (Å²) in [7, 11) is 0. The van der Waals surface area contributed by atoms with E-state index in [-0.39, 0.29) is 0 Å². The molecule has 0 unspecified atom stereocenters. The van der Waals surface area contributed by atoms with Crippen LogP contribution in [-0.4, -0.2) is 11.1 Å². The zero-order valence-electron chi connectivity index (χ0n) is 5.45. The summed E-state index contributed by atoms with van der Waals surface area (Å²) in [6, 6.07) is 3.74. The van der Waals surface area contributed by atoms with Crippen molar-refractivity contribution in [1.82, 2.24) is 0 Å². The number of carboxylic acids is 1. The van der Waals surface area contributed by atoms with Gasteiger partial charge in [0.15, 0.2) is 0 Å². The molecule has 0 radical (unpaired) electrons. The van der Waals surface area contributed by atoms with Gasteiger partial charge in [0, 0.05) is 11.0 Å². The van der Waals surface area contributed by atoms with Crippen LogP contribution in [0, 0.1) is 0 Å². The Hall–Kier alpha value is -0.610. The van der Waals surface area contributed by atoms with Crippen molar-refractivity contribution >= 4 is 39.3 Å². The first-order valence-electron chi connectivity index (χ1n) is 2.85. The number of rotatable bonds is 2. The molecule has 0 saturated carbocycles. The lowest BCUT2D eigenvalue weighted by molar-refractivity contribution is -0.131. The second kappa shape index (κ2) is 3.69. The van der Waals surface area contributed by atoms with Gasteiger partial charge < -0.3 is 5.11 Å². The first kappa shape index (κ1) is 8.49. The molecule has 1 aromatic heterocycles. The van der Waals surface area contributed by atoms with Gasteiger partial charge in [0.25, 0.3) is 0 Å². The normalized spacial score (nSPS) is 10.6. The standard InChI is InChI=1S/C7H5BrO2S/c8-6-3-1-5(11-6)2-4-7(9)10/h1-4H,(H,9,10). The average molecular weight is 233 g/mol. The maximum atomic E-state index is 10.1. The molecule has 1 heterocycles. The van der Waals surface area contributed by atoms with E-state index >= 15 is 0 Å². The lowest BCUT2D eigenvalue weighted by Crippen LogP contribution is -1.84. The highest BCUT2D eigenvalue weighted by atomic mass is 79.9. The van der Waals surface area contributed by atoms with E-state index in [0.29, 0.717) is 0 Å². The highest BCUT2D eigenvalue weighted by Crippen LogP contribution is 2.22. The van der Waals surface area contributed by atoms with Crippen LogP contribution in [-0.2, 0) is 4.79 Å². The third-order valence-corrected chi connectivity index (χ3v) is 2.57. The Morgan fingerprint density at radius 2 is 2.36 bits per heavy atom. The van der Waals surface area contributed by atoms with Gasteiger partial charge in [-0.1, -0.05) is 0 Å². The molecule has 1 aromatic rings. The Labute approximate surface area is 76.3 Å². The number of hydrogen-bond donors (Lipinski definition) is 1. The van der Waals surface area contributed by atoms with Crippen molar-refractivity contribution in [2.24, 2.45) is 0 Å². The summed E-state index contributed by atoms with van der Waals surface area (Å²) in [5.74, 6) is -0.922. The van der Waals surface area contributed by atoms with Crippen molar-refractivity contribution in [1.29, 1.82) is 0 Å². The van der Waals surface area contributed by atoms with E-state index in [1.807, 2.05) is 12.1 Å². The molecular weight excluding hydrogens is 228 g/mol. The maximum Gasteiger partial charge on any atom is 0.328 e. The fourth-order valence-electron chi connectivity index (χ4n) is 0.571. The van der Waals surface area contributed by atoms with Crippen LogP contribution in [0.3, 0.4) is 0 Å². The van der Waals surface area contributed by atoms with Crippen LogP contribution in [0.4, 0.5) is 0 Å².